The Morgan fingerprint density at radius 3 is 2.71 bits per heavy atom. The molecule has 0 radical (unpaired) electrons. The third-order valence-electron chi connectivity index (χ3n) is 7.95. The molecule has 41 heavy (non-hydrogen) atoms. The zero-order valence-corrected chi connectivity index (χ0v) is 24.6. The molecule has 3 aromatic heterocycles. The Kier molecular flexibility index (Phi) is 9.05. The molecule has 2 saturated heterocycles. The number of hydrogen-bond donors (Lipinski definition) is 1. The Hall–Kier alpha value is -3.12. The molecule has 1 N–H and O–H groups in total. The van der Waals surface area contributed by atoms with Crippen molar-refractivity contribution in [1.29, 1.82) is 0 Å². The van der Waals surface area contributed by atoms with Crippen LogP contribution in [0.5, 0.6) is 0 Å². The molecule has 5 heterocycles. The van der Waals surface area contributed by atoms with Crippen LogP contribution in [0.25, 0.3) is 32.5 Å². The molecule has 0 atom stereocenters. The molecule has 218 valence electrons. The summed E-state index contributed by atoms with van der Waals surface area (Å²) in [4.78, 5) is 30.5. The summed E-state index contributed by atoms with van der Waals surface area (Å²) < 4.78 is 11.8. The van der Waals surface area contributed by atoms with Crippen LogP contribution in [0.3, 0.4) is 0 Å². The first-order valence-electron chi connectivity index (χ1n) is 14.8. The van der Waals surface area contributed by atoms with E-state index in [2.05, 4.69) is 37.0 Å². The number of morpholine rings is 1. The number of aromatic nitrogens is 4. The Morgan fingerprint density at radius 2 is 1.88 bits per heavy atom. The lowest BCUT2D eigenvalue weighted by Crippen LogP contribution is -2.45. The van der Waals surface area contributed by atoms with Gasteiger partial charge in [-0.15, -0.1) is 11.3 Å². The number of carbonyl (C=O) groups excluding carboxylic acids is 1. The monoisotopic (exact) mass is 577 g/mol. The average molecular weight is 578 g/mol. The zero-order chi connectivity index (χ0) is 28.0. The van der Waals surface area contributed by atoms with Crippen LogP contribution in [0.15, 0.2) is 30.5 Å². The van der Waals surface area contributed by atoms with Crippen LogP contribution in [0.1, 0.15) is 37.5 Å². The fourth-order valence-electron chi connectivity index (χ4n) is 5.72. The molecule has 0 unspecified atom stereocenters. The molecule has 0 aliphatic carbocycles. The molecule has 0 spiro atoms. The number of thiophene rings is 1. The van der Waals surface area contributed by atoms with E-state index in [0.29, 0.717) is 26.2 Å². The minimum Gasteiger partial charge on any atom is -0.466 e. The van der Waals surface area contributed by atoms with Gasteiger partial charge in [-0.1, -0.05) is 18.6 Å². The lowest BCUT2D eigenvalue weighted by molar-refractivity contribution is -0.143. The highest BCUT2D eigenvalue weighted by Gasteiger charge is 2.23. The minimum atomic E-state index is -0.0723. The predicted octanol–water partition coefficient (Wildman–Crippen LogP) is 4.31. The van der Waals surface area contributed by atoms with Crippen molar-refractivity contribution in [2.75, 3.05) is 70.5 Å². The van der Waals surface area contributed by atoms with Gasteiger partial charge in [0.15, 0.2) is 11.6 Å². The topological polar surface area (TPSA) is 99.7 Å². The number of nitrogens with zero attached hydrogens (tertiary/aromatic N) is 6. The SMILES string of the molecule is CCOC(=O)CCCCCN1CCN(Cc2cc3nc(-c4cccc5[nH]ncc45)nc(N4CCOCC4)c3s2)CC1. The van der Waals surface area contributed by atoms with Gasteiger partial charge in [0.05, 0.1) is 41.8 Å². The van der Waals surface area contributed by atoms with Gasteiger partial charge in [-0.25, -0.2) is 9.97 Å². The van der Waals surface area contributed by atoms with E-state index in [1.807, 2.05) is 36.6 Å². The van der Waals surface area contributed by atoms with Gasteiger partial charge in [0.2, 0.25) is 0 Å². The van der Waals surface area contributed by atoms with E-state index in [4.69, 9.17) is 19.4 Å². The first-order valence-corrected chi connectivity index (χ1v) is 15.7. The standard InChI is InChI=1S/C30H39N7O3S/c1-2-40-27(38)9-4-3-5-10-35-11-13-36(14-12-35)21-22-19-26-28(41-22)30(37-15-17-39-18-16-37)33-29(32-26)23-7-6-8-25-24(23)20-31-34-25/h6-8,19-20H,2-5,9-18,21H2,1H3,(H,31,34). The van der Waals surface area contributed by atoms with Crippen molar-refractivity contribution < 1.29 is 14.3 Å². The fourth-order valence-corrected chi connectivity index (χ4v) is 6.88. The summed E-state index contributed by atoms with van der Waals surface area (Å²) in [6.45, 7) is 11.7. The van der Waals surface area contributed by atoms with Crippen LogP contribution in [0.4, 0.5) is 5.82 Å². The molecule has 2 aliphatic heterocycles. The van der Waals surface area contributed by atoms with E-state index < -0.39 is 0 Å². The predicted molar refractivity (Wildman–Crippen MR) is 162 cm³/mol. The molecule has 0 saturated carbocycles. The van der Waals surface area contributed by atoms with Crippen molar-refractivity contribution in [3.8, 4) is 11.4 Å². The van der Waals surface area contributed by atoms with E-state index >= 15 is 0 Å². The number of hydrogen-bond acceptors (Lipinski definition) is 10. The number of rotatable bonds is 11. The molecular formula is C30H39N7O3S. The van der Waals surface area contributed by atoms with Gasteiger partial charge in [0, 0.05) is 68.1 Å². The fraction of sp³-hybridized carbons (Fsp3) is 0.533. The van der Waals surface area contributed by atoms with Crippen molar-refractivity contribution in [2.24, 2.45) is 0 Å². The third-order valence-corrected chi connectivity index (χ3v) is 9.05. The highest BCUT2D eigenvalue weighted by atomic mass is 32.1. The first kappa shape index (κ1) is 28.0. The molecule has 2 fully saturated rings. The largest absolute Gasteiger partial charge is 0.466 e. The summed E-state index contributed by atoms with van der Waals surface area (Å²) >= 11 is 1.83. The molecule has 1 aromatic carbocycles. The molecule has 10 nitrogen and oxygen atoms in total. The second-order valence-electron chi connectivity index (χ2n) is 10.8. The van der Waals surface area contributed by atoms with Crippen LogP contribution in [0.2, 0.25) is 0 Å². The number of nitrogens with one attached hydrogen (secondary N) is 1. The molecule has 6 rings (SSSR count). The Morgan fingerprint density at radius 1 is 1.05 bits per heavy atom. The number of H-pyrrole nitrogens is 1. The number of fused-ring (bicyclic) bond motifs is 2. The van der Waals surface area contributed by atoms with E-state index in [-0.39, 0.29) is 5.97 Å². The number of benzene rings is 1. The summed E-state index contributed by atoms with van der Waals surface area (Å²) in [5, 5.41) is 8.34. The number of unbranched alkanes of at least 4 members (excludes halogenated alkanes) is 2. The highest BCUT2D eigenvalue weighted by Crippen LogP contribution is 2.36. The van der Waals surface area contributed by atoms with E-state index in [1.54, 1.807) is 0 Å². The number of esters is 1. The summed E-state index contributed by atoms with van der Waals surface area (Å²) in [7, 11) is 0. The van der Waals surface area contributed by atoms with Gasteiger partial charge in [-0.05, 0) is 38.4 Å². The van der Waals surface area contributed by atoms with Crippen molar-refractivity contribution in [3.05, 3.63) is 35.3 Å². The molecular weight excluding hydrogens is 538 g/mol. The summed E-state index contributed by atoms with van der Waals surface area (Å²) in [6, 6.07) is 8.40. The maximum atomic E-state index is 11.5. The van der Waals surface area contributed by atoms with Crippen molar-refractivity contribution >= 4 is 44.2 Å². The normalized spacial score (nSPS) is 17.0. The summed E-state index contributed by atoms with van der Waals surface area (Å²) in [6.07, 6.45) is 5.51. The smallest absolute Gasteiger partial charge is 0.305 e. The highest BCUT2D eigenvalue weighted by molar-refractivity contribution is 7.19. The number of piperazine rings is 1. The van der Waals surface area contributed by atoms with Gasteiger partial charge in [-0.2, -0.15) is 5.10 Å². The molecule has 0 bridgehead atoms. The van der Waals surface area contributed by atoms with Crippen LogP contribution in [0, 0.1) is 0 Å². The van der Waals surface area contributed by atoms with Gasteiger partial charge in [0.1, 0.15) is 0 Å². The zero-order valence-electron chi connectivity index (χ0n) is 23.8. The quantitative estimate of drug-likeness (QED) is 0.206. The van der Waals surface area contributed by atoms with Crippen molar-refractivity contribution in [2.45, 2.75) is 39.2 Å². The molecule has 2 aliphatic rings. The molecule has 0 amide bonds. The Bertz CT molecular complexity index is 1460. The second kappa shape index (κ2) is 13.2. The lowest BCUT2D eigenvalue weighted by Gasteiger charge is -2.34. The van der Waals surface area contributed by atoms with Crippen molar-refractivity contribution in [1.82, 2.24) is 30.0 Å². The maximum Gasteiger partial charge on any atom is 0.305 e. The third kappa shape index (κ3) is 6.69. The van der Waals surface area contributed by atoms with Gasteiger partial charge < -0.3 is 19.3 Å². The molecule has 4 aromatic rings. The maximum absolute atomic E-state index is 11.5. The minimum absolute atomic E-state index is 0.0723. The number of aromatic amines is 1. The Balaban J connectivity index is 1.12. The number of anilines is 1. The van der Waals surface area contributed by atoms with Crippen LogP contribution >= 0.6 is 11.3 Å². The van der Waals surface area contributed by atoms with E-state index in [1.165, 1.54) is 4.88 Å². The number of ether oxygens (including phenoxy) is 2. The van der Waals surface area contributed by atoms with Gasteiger partial charge >= 0.3 is 5.97 Å². The average Bonchev–Trinajstić information content (AvgIpc) is 3.65. The van der Waals surface area contributed by atoms with E-state index in [9.17, 15) is 4.79 Å². The number of carbonyl (C=O) groups is 1. The van der Waals surface area contributed by atoms with Crippen molar-refractivity contribution in [3.63, 3.8) is 0 Å². The summed E-state index contributed by atoms with van der Waals surface area (Å²) in [5.74, 6) is 1.68. The molecule has 11 heteroatoms. The van der Waals surface area contributed by atoms with Crippen LogP contribution in [-0.4, -0.2) is 102 Å². The first-order chi connectivity index (χ1) is 20.2. The lowest BCUT2D eigenvalue weighted by atomic mass is 10.1. The van der Waals surface area contributed by atoms with Crippen LogP contribution in [-0.2, 0) is 20.8 Å². The van der Waals surface area contributed by atoms with Crippen LogP contribution < -0.4 is 4.90 Å². The van der Waals surface area contributed by atoms with Gasteiger partial charge in [-0.3, -0.25) is 14.8 Å². The summed E-state index contributed by atoms with van der Waals surface area (Å²) in [5.41, 5.74) is 3.00. The Labute approximate surface area is 244 Å². The second-order valence-corrected chi connectivity index (χ2v) is 11.9. The van der Waals surface area contributed by atoms with E-state index in [0.717, 1.165) is 110 Å². The van der Waals surface area contributed by atoms with Gasteiger partial charge in [0.25, 0.3) is 0 Å².